The maximum absolute atomic E-state index is 11.8. The van der Waals surface area contributed by atoms with E-state index in [1.165, 1.54) is 6.07 Å². The first-order valence-electron chi connectivity index (χ1n) is 6.00. The Morgan fingerprint density at radius 2 is 1.40 bits per heavy atom. The van der Waals surface area contributed by atoms with Crippen LogP contribution in [0.15, 0.2) is 59.5 Å². The molecule has 0 spiro atoms. The second kappa shape index (κ2) is 4.86. The van der Waals surface area contributed by atoms with Crippen LogP contribution >= 0.6 is 0 Å². The molecule has 3 rings (SSSR count). The number of benzene rings is 3. The molecule has 0 atom stereocenters. The van der Waals surface area contributed by atoms with E-state index in [9.17, 15) is 8.42 Å². The summed E-state index contributed by atoms with van der Waals surface area (Å²) < 4.78 is 27.9. The van der Waals surface area contributed by atoms with E-state index in [0.717, 1.165) is 28.7 Å². The van der Waals surface area contributed by atoms with Crippen LogP contribution in [0.5, 0.6) is 0 Å². The third-order valence-corrected chi connectivity index (χ3v) is 4.27. The van der Waals surface area contributed by atoms with Crippen LogP contribution in [-0.2, 0) is 19.3 Å². The van der Waals surface area contributed by atoms with Crippen molar-refractivity contribution in [3.63, 3.8) is 0 Å². The Labute approximate surface area is 116 Å². The summed E-state index contributed by atoms with van der Waals surface area (Å²) in [6.45, 7) is 0. The molecule has 0 radical (unpaired) electrons. The monoisotopic (exact) mass is 288 g/mol. The molecule has 4 nitrogen and oxygen atoms in total. The van der Waals surface area contributed by atoms with E-state index in [2.05, 4.69) is 9.22 Å². The normalized spacial score (nSPS) is 12.1. The zero-order valence-corrected chi connectivity index (χ0v) is 11.6. The fourth-order valence-corrected chi connectivity index (χ4v) is 2.97. The minimum Gasteiger partial charge on any atom is -0.223 e. The van der Waals surface area contributed by atoms with Gasteiger partial charge in [-0.15, -0.1) is 4.33 Å². The van der Waals surface area contributed by atoms with Crippen molar-refractivity contribution in [2.45, 2.75) is 4.90 Å². The largest absolute Gasteiger partial charge is 0.323 e. The lowest BCUT2D eigenvalue weighted by Crippen LogP contribution is -2.05. The molecule has 0 aromatic heterocycles. The molecule has 0 fully saturated rings. The minimum absolute atomic E-state index is 0.0714. The van der Waals surface area contributed by atoms with Crippen LogP contribution in [-0.4, -0.2) is 15.5 Å². The molecule has 0 saturated heterocycles. The van der Waals surface area contributed by atoms with Crippen molar-refractivity contribution in [3.8, 4) is 0 Å². The van der Waals surface area contributed by atoms with E-state index in [1.54, 1.807) is 12.1 Å². The molecule has 0 amide bonds. The Bertz CT molecular complexity index is 885. The first-order chi connectivity index (χ1) is 9.60. The molecule has 0 N–H and O–H groups in total. The molecular formula is C15H12O4S. The Balaban J connectivity index is 2.23. The van der Waals surface area contributed by atoms with Crippen LogP contribution in [0.3, 0.4) is 0 Å². The minimum atomic E-state index is -3.88. The van der Waals surface area contributed by atoms with Crippen molar-refractivity contribution in [2.75, 3.05) is 7.11 Å². The lowest BCUT2D eigenvalue weighted by Gasteiger charge is -2.05. The van der Waals surface area contributed by atoms with Gasteiger partial charge in [0.05, 0.1) is 12.0 Å². The average Bonchev–Trinajstić information content (AvgIpc) is 2.44. The van der Waals surface area contributed by atoms with Crippen molar-refractivity contribution in [3.05, 3.63) is 54.6 Å². The first kappa shape index (κ1) is 13.1. The lowest BCUT2D eigenvalue weighted by molar-refractivity contribution is -0.172. The van der Waals surface area contributed by atoms with Crippen LogP contribution in [0.25, 0.3) is 21.5 Å². The van der Waals surface area contributed by atoms with E-state index in [4.69, 9.17) is 0 Å². The molecule has 3 aromatic rings. The van der Waals surface area contributed by atoms with Crippen LogP contribution in [0.1, 0.15) is 0 Å². The quantitative estimate of drug-likeness (QED) is 0.422. The van der Waals surface area contributed by atoms with E-state index in [0.29, 0.717) is 0 Å². The third-order valence-electron chi connectivity index (χ3n) is 3.12. The summed E-state index contributed by atoms with van der Waals surface area (Å²) in [5.74, 6) is 0. The standard InChI is InChI=1S/C15H12O4S/c1-18-19-20(16,17)15-7-6-13-8-11-4-2-3-5-12(11)9-14(13)10-15/h2-10H,1H3. The van der Waals surface area contributed by atoms with E-state index < -0.39 is 10.1 Å². The highest BCUT2D eigenvalue weighted by Gasteiger charge is 2.16. The summed E-state index contributed by atoms with van der Waals surface area (Å²) in [5.41, 5.74) is 0. The van der Waals surface area contributed by atoms with Crippen molar-refractivity contribution in [1.29, 1.82) is 0 Å². The molecule has 5 heteroatoms. The van der Waals surface area contributed by atoms with Gasteiger partial charge in [0.25, 0.3) is 0 Å². The van der Waals surface area contributed by atoms with Gasteiger partial charge in [-0.3, -0.25) is 0 Å². The van der Waals surface area contributed by atoms with Gasteiger partial charge in [-0.25, -0.2) is 4.89 Å². The summed E-state index contributed by atoms with van der Waals surface area (Å²) in [5, 5.41) is 3.98. The SMILES string of the molecule is COOS(=O)(=O)c1ccc2cc3ccccc3cc2c1. The highest BCUT2D eigenvalue weighted by molar-refractivity contribution is 7.86. The van der Waals surface area contributed by atoms with Gasteiger partial charge in [0, 0.05) is 0 Å². The summed E-state index contributed by atoms with van der Waals surface area (Å²) in [4.78, 5) is 4.33. The fraction of sp³-hybridized carbons (Fsp3) is 0.0667. The van der Waals surface area contributed by atoms with E-state index in [1.807, 2.05) is 36.4 Å². The van der Waals surface area contributed by atoms with Crippen LogP contribution in [0.2, 0.25) is 0 Å². The second-order valence-corrected chi connectivity index (χ2v) is 5.91. The lowest BCUT2D eigenvalue weighted by atomic mass is 10.0. The maximum Gasteiger partial charge on any atom is 0.323 e. The van der Waals surface area contributed by atoms with Gasteiger partial charge in [-0.05, 0) is 45.8 Å². The summed E-state index contributed by atoms with van der Waals surface area (Å²) in [6, 6.07) is 16.8. The molecule has 102 valence electrons. The number of hydrogen-bond acceptors (Lipinski definition) is 4. The van der Waals surface area contributed by atoms with Crippen molar-refractivity contribution < 1.29 is 17.6 Å². The number of hydrogen-bond donors (Lipinski definition) is 0. The van der Waals surface area contributed by atoms with E-state index in [-0.39, 0.29) is 4.90 Å². The molecule has 0 aliphatic carbocycles. The van der Waals surface area contributed by atoms with Gasteiger partial charge in [-0.1, -0.05) is 30.3 Å². The van der Waals surface area contributed by atoms with Gasteiger partial charge in [0.1, 0.15) is 0 Å². The van der Waals surface area contributed by atoms with Gasteiger partial charge in [-0.2, -0.15) is 8.42 Å². The highest BCUT2D eigenvalue weighted by atomic mass is 32.2. The first-order valence-corrected chi connectivity index (χ1v) is 7.41. The van der Waals surface area contributed by atoms with Crippen LogP contribution in [0.4, 0.5) is 0 Å². The molecule has 0 bridgehead atoms. The van der Waals surface area contributed by atoms with E-state index >= 15 is 0 Å². The zero-order valence-electron chi connectivity index (χ0n) is 10.7. The predicted molar refractivity (Wildman–Crippen MR) is 76.7 cm³/mol. The Morgan fingerprint density at radius 3 is 2.05 bits per heavy atom. The molecule has 20 heavy (non-hydrogen) atoms. The predicted octanol–water partition coefficient (Wildman–Crippen LogP) is 3.26. The zero-order chi connectivity index (χ0) is 14.2. The molecule has 0 aliphatic rings. The fourth-order valence-electron chi connectivity index (χ4n) is 2.20. The second-order valence-electron chi connectivity index (χ2n) is 4.40. The number of rotatable bonds is 3. The van der Waals surface area contributed by atoms with Crippen LogP contribution < -0.4 is 0 Å². The number of fused-ring (bicyclic) bond motifs is 2. The Kier molecular flexibility index (Phi) is 3.17. The van der Waals surface area contributed by atoms with Gasteiger partial charge < -0.3 is 0 Å². The molecule has 0 unspecified atom stereocenters. The maximum atomic E-state index is 11.8. The van der Waals surface area contributed by atoms with Gasteiger partial charge >= 0.3 is 10.1 Å². The Hall–Kier alpha value is -1.95. The summed E-state index contributed by atoms with van der Waals surface area (Å²) in [6.07, 6.45) is 0. The van der Waals surface area contributed by atoms with Crippen molar-refractivity contribution >= 4 is 31.7 Å². The van der Waals surface area contributed by atoms with Crippen LogP contribution in [0, 0.1) is 0 Å². The Morgan fingerprint density at radius 1 is 0.800 bits per heavy atom. The third kappa shape index (κ3) is 2.27. The molecule has 3 aromatic carbocycles. The van der Waals surface area contributed by atoms with Crippen molar-refractivity contribution in [1.82, 2.24) is 0 Å². The smallest absolute Gasteiger partial charge is 0.223 e. The summed E-state index contributed by atoms with van der Waals surface area (Å²) in [7, 11) is -2.72. The average molecular weight is 288 g/mol. The van der Waals surface area contributed by atoms with Gasteiger partial charge in [0.15, 0.2) is 0 Å². The van der Waals surface area contributed by atoms with Crippen molar-refractivity contribution in [2.24, 2.45) is 0 Å². The molecule has 0 saturated carbocycles. The van der Waals surface area contributed by atoms with Gasteiger partial charge in [0.2, 0.25) is 0 Å². The highest BCUT2D eigenvalue weighted by Crippen LogP contribution is 2.25. The molecule has 0 aliphatic heterocycles. The molecule has 0 heterocycles. The topological polar surface area (TPSA) is 52.6 Å². The molecular weight excluding hydrogens is 276 g/mol. The summed E-state index contributed by atoms with van der Waals surface area (Å²) >= 11 is 0.